The van der Waals surface area contributed by atoms with E-state index in [1.165, 1.54) is 12.5 Å². The zero-order valence-electron chi connectivity index (χ0n) is 29.6. The summed E-state index contributed by atoms with van der Waals surface area (Å²) in [6.45, 7) is 7.46. The van der Waals surface area contributed by atoms with Gasteiger partial charge in [-0.1, -0.05) is 88.2 Å². The summed E-state index contributed by atoms with van der Waals surface area (Å²) in [4.78, 5) is 60.5. The van der Waals surface area contributed by atoms with Gasteiger partial charge in [-0.2, -0.15) is 0 Å². The average molecular weight is 727 g/mol. The van der Waals surface area contributed by atoms with Gasteiger partial charge in [0.2, 0.25) is 17.7 Å². The number of H-pyrrole nitrogens is 1. The maximum Gasteiger partial charge on any atom is 0.408 e. The zero-order chi connectivity index (χ0) is 37.3. The highest BCUT2D eigenvalue weighted by Crippen LogP contribution is 2.15. The van der Waals surface area contributed by atoms with E-state index in [9.17, 15) is 29.4 Å². The van der Waals surface area contributed by atoms with E-state index in [-0.39, 0.29) is 44.3 Å². The molecule has 1 aromatic heterocycles. The molecular weight excluding hydrogens is 676 g/mol. The van der Waals surface area contributed by atoms with Crippen molar-refractivity contribution in [2.24, 2.45) is 11.8 Å². The van der Waals surface area contributed by atoms with Crippen LogP contribution in [0.2, 0.25) is 5.02 Å². The second-order valence-electron chi connectivity index (χ2n) is 13.2. The van der Waals surface area contributed by atoms with Crippen molar-refractivity contribution in [3.8, 4) is 0 Å². The van der Waals surface area contributed by atoms with E-state index in [0.717, 1.165) is 12.0 Å². The average Bonchev–Trinajstić information content (AvgIpc) is 3.62. The second kappa shape index (κ2) is 21.0. The van der Waals surface area contributed by atoms with Gasteiger partial charge < -0.3 is 41.2 Å². The van der Waals surface area contributed by atoms with Gasteiger partial charge in [0.05, 0.1) is 37.5 Å². The number of hydrogen-bond donors (Lipinski definition) is 7. The summed E-state index contributed by atoms with van der Waals surface area (Å²) in [5.41, 5.74) is 2.02. The predicted octanol–water partition coefficient (Wildman–Crippen LogP) is 3.43. The van der Waals surface area contributed by atoms with Gasteiger partial charge in [0.25, 0.3) is 0 Å². The number of halogens is 1. The van der Waals surface area contributed by atoms with Crippen molar-refractivity contribution >= 4 is 35.4 Å². The molecule has 14 heteroatoms. The van der Waals surface area contributed by atoms with Crippen LogP contribution in [-0.4, -0.2) is 80.9 Å². The fourth-order valence-electron chi connectivity index (χ4n) is 5.42. The number of nitrogens with zero attached hydrogens (tertiary/aromatic N) is 1. The predicted molar refractivity (Wildman–Crippen MR) is 193 cm³/mol. The molecule has 0 spiro atoms. The van der Waals surface area contributed by atoms with Crippen molar-refractivity contribution in [3.63, 3.8) is 0 Å². The molecular formula is C37H51ClN6O7. The fourth-order valence-corrected chi connectivity index (χ4v) is 5.55. The van der Waals surface area contributed by atoms with Gasteiger partial charge in [-0.25, -0.2) is 9.78 Å². The summed E-state index contributed by atoms with van der Waals surface area (Å²) in [5, 5.41) is 32.4. The van der Waals surface area contributed by atoms with Gasteiger partial charge in [-0.05, 0) is 41.5 Å². The number of carbonyl (C=O) groups excluding carboxylic acids is 4. The van der Waals surface area contributed by atoms with Crippen LogP contribution in [0.5, 0.6) is 0 Å². The number of ether oxygens (including phenoxy) is 1. The van der Waals surface area contributed by atoms with Crippen LogP contribution in [0.15, 0.2) is 67.1 Å². The number of benzene rings is 2. The molecule has 51 heavy (non-hydrogen) atoms. The molecule has 4 amide bonds. The number of aliphatic hydroxyl groups is 2. The molecule has 0 saturated heterocycles. The van der Waals surface area contributed by atoms with E-state index >= 15 is 0 Å². The van der Waals surface area contributed by atoms with E-state index in [0.29, 0.717) is 22.7 Å². The Balaban J connectivity index is 1.79. The molecule has 0 bridgehead atoms. The van der Waals surface area contributed by atoms with Gasteiger partial charge in [-0.15, -0.1) is 0 Å². The molecule has 3 rings (SSSR count). The van der Waals surface area contributed by atoms with Crippen molar-refractivity contribution in [2.45, 2.75) is 96.7 Å². The standard InChI is InChI=1S/C37H51ClN6O7/c1-5-24(4)32(20-45)41-34(47)18-33(46)29(15-23(2)3)42-36(49)31(17-28-19-39-22-40-28)43-35(48)30(16-25-11-13-27(38)14-12-25)44-37(50)51-21-26-9-7-6-8-10-26/h6-14,19,22-24,29-33,45-46H,5,15-18,20-21H2,1-4H3,(H,39,40)(H,41,47)(H,42,49)(H,43,48)(H,44,50)/t24-,29-,30-,31-,32+,33-/m0/s1. The van der Waals surface area contributed by atoms with Gasteiger partial charge in [0.15, 0.2) is 0 Å². The van der Waals surface area contributed by atoms with Crippen LogP contribution < -0.4 is 21.3 Å². The normalized spacial score (nSPS) is 14.7. The van der Waals surface area contributed by atoms with Gasteiger partial charge in [0, 0.05) is 29.8 Å². The highest BCUT2D eigenvalue weighted by Gasteiger charge is 2.32. The quantitative estimate of drug-likeness (QED) is 0.0920. The molecule has 0 aliphatic heterocycles. The lowest BCUT2D eigenvalue weighted by Gasteiger charge is -2.29. The minimum absolute atomic E-state index is 0.0112. The summed E-state index contributed by atoms with van der Waals surface area (Å²) < 4.78 is 5.38. The summed E-state index contributed by atoms with van der Waals surface area (Å²) in [5.74, 6) is -1.65. The number of carbonyl (C=O) groups is 4. The van der Waals surface area contributed by atoms with Crippen LogP contribution in [0, 0.1) is 11.8 Å². The Morgan fingerprint density at radius 3 is 2.14 bits per heavy atom. The third-order valence-corrected chi connectivity index (χ3v) is 8.82. The maximum atomic E-state index is 13.9. The van der Waals surface area contributed by atoms with E-state index in [1.807, 2.05) is 45.9 Å². The molecule has 7 N–H and O–H groups in total. The Kier molecular flexibility index (Phi) is 16.9. The van der Waals surface area contributed by atoms with Crippen LogP contribution in [0.1, 0.15) is 63.8 Å². The molecule has 0 unspecified atom stereocenters. The monoisotopic (exact) mass is 726 g/mol. The molecule has 0 fully saturated rings. The molecule has 1 heterocycles. The summed E-state index contributed by atoms with van der Waals surface area (Å²) in [6, 6.07) is 12.3. The lowest BCUT2D eigenvalue weighted by atomic mass is 9.95. The van der Waals surface area contributed by atoms with Crippen LogP contribution >= 0.6 is 11.6 Å². The van der Waals surface area contributed by atoms with Crippen LogP contribution in [0.4, 0.5) is 4.79 Å². The van der Waals surface area contributed by atoms with Crippen molar-refractivity contribution in [3.05, 3.63) is 89.0 Å². The Morgan fingerprint density at radius 1 is 0.863 bits per heavy atom. The number of aliphatic hydroxyl groups excluding tert-OH is 2. The molecule has 13 nitrogen and oxygen atoms in total. The lowest BCUT2D eigenvalue weighted by Crippen LogP contribution is -2.57. The SMILES string of the molecule is CC[C@H](C)[C@@H](CO)NC(=O)C[C@H](O)[C@H](CC(C)C)NC(=O)[C@H](Cc1cnc[nH]1)NC(=O)[C@H](Cc1ccc(Cl)cc1)NC(=O)OCc1ccccc1. The van der Waals surface area contributed by atoms with Crippen LogP contribution in [0.3, 0.4) is 0 Å². The second-order valence-corrected chi connectivity index (χ2v) is 13.6. The first kappa shape index (κ1) is 41.0. The van der Waals surface area contributed by atoms with Gasteiger partial charge >= 0.3 is 6.09 Å². The van der Waals surface area contributed by atoms with E-state index in [1.54, 1.807) is 36.4 Å². The first-order valence-corrected chi connectivity index (χ1v) is 17.6. The van der Waals surface area contributed by atoms with E-state index < -0.39 is 54.1 Å². The minimum Gasteiger partial charge on any atom is -0.445 e. The summed E-state index contributed by atoms with van der Waals surface area (Å²) in [6.07, 6.45) is 1.76. The van der Waals surface area contributed by atoms with Crippen molar-refractivity contribution in [1.29, 1.82) is 0 Å². The number of aromatic nitrogens is 2. The van der Waals surface area contributed by atoms with E-state index in [4.69, 9.17) is 16.3 Å². The number of rotatable bonds is 20. The smallest absolute Gasteiger partial charge is 0.408 e. The van der Waals surface area contributed by atoms with Gasteiger partial charge in [-0.3, -0.25) is 14.4 Å². The summed E-state index contributed by atoms with van der Waals surface area (Å²) >= 11 is 6.06. The number of nitrogens with one attached hydrogen (secondary N) is 5. The summed E-state index contributed by atoms with van der Waals surface area (Å²) in [7, 11) is 0. The molecule has 0 saturated carbocycles. The van der Waals surface area contributed by atoms with Crippen LogP contribution in [-0.2, 0) is 38.6 Å². The number of hydrogen-bond acceptors (Lipinski definition) is 8. The first-order chi connectivity index (χ1) is 24.4. The van der Waals surface area contributed by atoms with Crippen molar-refractivity contribution in [2.75, 3.05) is 6.61 Å². The van der Waals surface area contributed by atoms with E-state index in [2.05, 4.69) is 31.2 Å². The maximum absolute atomic E-state index is 13.9. The largest absolute Gasteiger partial charge is 0.445 e. The first-order valence-electron chi connectivity index (χ1n) is 17.3. The third-order valence-electron chi connectivity index (χ3n) is 8.57. The number of aromatic amines is 1. The molecule has 0 radical (unpaired) electrons. The molecule has 0 aliphatic rings. The third kappa shape index (κ3) is 14.4. The lowest BCUT2D eigenvalue weighted by molar-refractivity contribution is -0.131. The van der Waals surface area contributed by atoms with Crippen LogP contribution in [0.25, 0.3) is 0 Å². The highest BCUT2D eigenvalue weighted by molar-refractivity contribution is 6.30. The van der Waals surface area contributed by atoms with Gasteiger partial charge in [0.1, 0.15) is 18.7 Å². The number of alkyl carbamates (subject to hydrolysis) is 1. The topological polar surface area (TPSA) is 195 Å². The molecule has 6 atom stereocenters. The zero-order valence-corrected chi connectivity index (χ0v) is 30.4. The number of imidazole rings is 1. The molecule has 0 aliphatic carbocycles. The van der Waals surface area contributed by atoms with Crippen molar-refractivity contribution < 1.29 is 34.1 Å². The Labute approximate surface area is 304 Å². The molecule has 3 aromatic rings. The fraction of sp³-hybridized carbons (Fsp3) is 0.486. The Hall–Kier alpha value is -4.46. The number of amides is 4. The highest BCUT2D eigenvalue weighted by atomic mass is 35.5. The molecule has 2 aromatic carbocycles. The Bertz CT molecular complexity index is 1510. The Morgan fingerprint density at radius 2 is 1.53 bits per heavy atom. The van der Waals surface area contributed by atoms with Crippen molar-refractivity contribution in [1.82, 2.24) is 31.2 Å². The minimum atomic E-state index is -1.25. The molecule has 278 valence electrons.